The van der Waals surface area contributed by atoms with Gasteiger partial charge in [0.2, 0.25) is 65.0 Å². The van der Waals surface area contributed by atoms with Crippen LogP contribution >= 0.6 is 0 Å². The second kappa shape index (κ2) is 35.4. The lowest BCUT2D eigenvalue weighted by atomic mass is 9.93. The molecule has 0 spiro atoms. The minimum absolute atomic E-state index is 0.0358. The van der Waals surface area contributed by atoms with Crippen LogP contribution in [0, 0.1) is 41.4 Å². The molecule has 13 unspecified atom stereocenters. The molecule has 27 heteroatoms. The Labute approximate surface area is 532 Å². The minimum atomic E-state index is -1.62. The Balaban J connectivity index is 3.61. The third-order valence-electron chi connectivity index (χ3n) is 16.4. The van der Waals surface area contributed by atoms with Crippen molar-refractivity contribution in [2.24, 2.45) is 47.2 Å². The van der Waals surface area contributed by atoms with E-state index in [-0.39, 0.29) is 11.3 Å². The molecule has 510 valence electrons. The van der Waals surface area contributed by atoms with E-state index in [1.54, 1.807) is 96.1 Å². The first kappa shape index (κ1) is 80.8. The third kappa shape index (κ3) is 20.6. The monoisotopic (exact) mass is 1270 g/mol. The number of nitrogens with zero attached hydrogens (tertiary/aromatic N) is 7. The number of aliphatic hydroxyl groups is 2. The molecular weight excluding hydrogens is 1160 g/mol. The van der Waals surface area contributed by atoms with E-state index >= 15 is 4.79 Å². The summed E-state index contributed by atoms with van der Waals surface area (Å²) in [6.45, 7) is 27.4. The van der Waals surface area contributed by atoms with E-state index < -0.39 is 192 Å². The topological polar surface area (TPSA) is 362 Å². The number of nitrogens with two attached hydrogens (primary N) is 1. The van der Waals surface area contributed by atoms with Crippen LogP contribution in [0.2, 0.25) is 0 Å². The fraction of sp³-hybridized carbons (Fsp3) is 0.714. The molecule has 0 saturated carbocycles. The second-order valence-electron chi connectivity index (χ2n) is 26.0. The maximum absolute atomic E-state index is 15.0. The first-order valence-corrected chi connectivity index (χ1v) is 30.9. The fourth-order valence-electron chi connectivity index (χ4n) is 11.2. The maximum Gasteiger partial charge on any atom is 0.337 e. The van der Waals surface area contributed by atoms with Gasteiger partial charge >= 0.3 is 5.97 Å². The Hall–Kier alpha value is -7.26. The lowest BCUT2D eigenvalue weighted by Crippen LogP contribution is -2.64. The summed E-state index contributed by atoms with van der Waals surface area (Å²) in [5.74, 6) is -13.1. The summed E-state index contributed by atoms with van der Waals surface area (Å²) < 4.78 is 0. The number of hydrogen-bond donors (Lipinski definition) is 8. The highest BCUT2D eigenvalue weighted by Gasteiger charge is 2.46. The summed E-state index contributed by atoms with van der Waals surface area (Å²) in [6.07, 6.45) is -2.56. The highest BCUT2D eigenvalue weighted by molar-refractivity contribution is 6.03. The first-order chi connectivity index (χ1) is 41.4. The van der Waals surface area contributed by atoms with E-state index in [2.05, 4.69) is 21.3 Å². The van der Waals surface area contributed by atoms with Gasteiger partial charge in [0.1, 0.15) is 54.4 Å². The first-order valence-electron chi connectivity index (χ1n) is 30.9. The van der Waals surface area contributed by atoms with Crippen molar-refractivity contribution >= 4 is 76.6 Å². The molecule has 0 saturated heterocycles. The number of aliphatic hydroxyl groups excluding tert-OH is 2. The molecule has 0 aliphatic rings. The summed E-state index contributed by atoms with van der Waals surface area (Å²) >= 11 is 0. The zero-order valence-corrected chi connectivity index (χ0v) is 57.6. The molecule has 13 atom stereocenters. The van der Waals surface area contributed by atoms with Crippen molar-refractivity contribution in [3.05, 3.63) is 29.8 Å². The molecule has 0 aromatic heterocycles. The van der Waals surface area contributed by atoms with Crippen molar-refractivity contribution in [2.75, 3.05) is 61.2 Å². The lowest BCUT2D eigenvalue weighted by Gasteiger charge is -2.42. The number of amides is 11. The Bertz CT molecular complexity index is 2680. The maximum atomic E-state index is 15.0. The molecule has 27 nitrogen and oxygen atoms in total. The molecule has 1 aromatic carbocycles. The van der Waals surface area contributed by atoms with Gasteiger partial charge in [-0.2, -0.15) is 0 Å². The Morgan fingerprint density at radius 1 is 0.422 bits per heavy atom. The van der Waals surface area contributed by atoms with Gasteiger partial charge < -0.3 is 76.6 Å². The number of carbonyl (C=O) groups excluding carboxylic acids is 11. The fourth-order valence-corrected chi connectivity index (χ4v) is 11.2. The average Bonchev–Trinajstić information content (AvgIpc) is 1.01. The molecule has 0 heterocycles. The molecule has 1 aromatic rings. The number of para-hydroxylation sites is 1. The van der Waals surface area contributed by atoms with Gasteiger partial charge in [0.15, 0.2) is 0 Å². The molecule has 90 heavy (non-hydrogen) atoms. The van der Waals surface area contributed by atoms with Crippen molar-refractivity contribution in [3.8, 4) is 0 Å². The number of likely N-dealkylation sites (N-methyl/N-ethyl adjacent to an activating group) is 7. The number of rotatable bonds is 33. The van der Waals surface area contributed by atoms with Crippen LogP contribution in [-0.2, 0) is 52.7 Å². The largest absolute Gasteiger partial charge is 0.478 e. The van der Waals surface area contributed by atoms with Crippen molar-refractivity contribution in [1.82, 2.24) is 50.2 Å². The van der Waals surface area contributed by atoms with Crippen LogP contribution in [0.4, 0.5) is 5.69 Å². The minimum Gasteiger partial charge on any atom is -0.478 e. The van der Waals surface area contributed by atoms with E-state index in [1.165, 1.54) is 108 Å². The van der Waals surface area contributed by atoms with Crippen molar-refractivity contribution in [2.45, 2.75) is 197 Å². The normalized spacial score (nSPS) is 16.0. The predicted octanol–water partition coefficient (Wildman–Crippen LogP) is 1.29. The summed E-state index contributed by atoms with van der Waals surface area (Å²) in [4.78, 5) is 176. The van der Waals surface area contributed by atoms with Crippen molar-refractivity contribution in [1.29, 1.82) is 0 Å². The number of nitrogens with one attached hydrogen (secondary N) is 4. The van der Waals surface area contributed by atoms with Gasteiger partial charge in [-0.25, -0.2) is 4.79 Å². The highest BCUT2D eigenvalue weighted by atomic mass is 16.4. The number of benzene rings is 1. The van der Waals surface area contributed by atoms with E-state index in [0.29, 0.717) is 6.42 Å². The van der Waals surface area contributed by atoms with Crippen LogP contribution in [0.1, 0.15) is 134 Å². The number of carboxylic acids is 1. The van der Waals surface area contributed by atoms with Crippen LogP contribution in [0.3, 0.4) is 0 Å². The molecule has 9 N–H and O–H groups in total. The number of carboxylic acid groups (broad SMARTS) is 1. The number of aromatic carboxylic acids is 1. The molecule has 0 fully saturated rings. The standard InChI is InChI=1S/C63H108N12O15/c1-25-37(14)45(57(83)72(21)49(34(8)9)59(85)69(18)30-43(78)65-42-29-27-26-28-41(42)63(89)90)67-55(81)48(33(6)7)70(19)60(86)51(36(12)13)74(23)61(87)50(35(10)11)73(22)56(82)44(31(2)3)66-54(80)47(32(4)5)71(20)62(88)52(40(17)77)75(24)58(84)46(39(16)76)68-53(79)38(15)64/h26-29,31-40,44-52,76-77H,25,30,64H2,1-24H3,(H,65,78)(H,66,80)(H,67,81)(H,68,79)(H,89,90). The molecule has 0 aliphatic carbocycles. The van der Waals surface area contributed by atoms with Crippen LogP contribution in [-0.4, -0.2) is 249 Å². The van der Waals surface area contributed by atoms with E-state index in [0.717, 1.165) is 14.7 Å². The summed E-state index contributed by atoms with van der Waals surface area (Å²) in [7, 11) is 9.56. The summed E-state index contributed by atoms with van der Waals surface area (Å²) in [5, 5.41) is 41.6. The van der Waals surface area contributed by atoms with Gasteiger partial charge in [-0.1, -0.05) is 115 Å². The van der Waals surface area contributed by atoms with Crippen LogP contribution < -0.4 is 27.0 Å². The number of hydrogen-bond acceptors (Lipinski definition) is 15. The van der Waals surface area contributed by atoms with Gasteiger partial charge in [0.05, 0.1) is 36.0 Å². The summed E-state index contributed by atoms with van der Waals surface area (Å²) in [6, 6.07) is -7.00. The Morgan fingerprint density at radius 3 is 1.12 bits per heavy atom. The zero-order chi connectivity index (χ0) is 70.2. The smallest absolute Gasteiger partial charge is 0.337 e. The van der Waals surface area contributed by atoms with Gasteiger partial charge in [-0.05, 0) is 74.3 Å². The molecule has 1 rings (SSSR count). The lowest BCUT2D eigenvalue weighted by molar-refractivity contribution is -0.156. The average molecular weight is 1270 g/mol. The SMILES string of the molecule is CCC(C)C(NC(=O)C(C(C)C)N(C)C(=O)C(C(C)C)N(C)C(=O)C(C(C)C)N(C)C(=O)C(NC(=O)C(C(C)C)N(C)C(=O)C(C(C)O)N(C)C(=O)C(NC(=O)C(C)N)C(C)O)C(C)C)C(=O)N(C)C(C(=O)N(C)CC(=O)Nc1ccccc1C(=O)O)C(C)C. The summed E-state index contributed by atoms with van der Waals surface area (Å²) in [5.41, 5.74) is 5.56. The predicted molar refractivity (Wildman–Crippen MR) is 340 cm³/mol. The van der Waals surface area contributed by atoms with E-state index in [4.69, 9.17) is 5.73 Å². The van der Waals surface area contributed by atoms with Crippen LogP contribution in [0.5, 0.6) is 0 Å². The van der Waals surface area contributed by atoms with Gasteiger partial charge in [-0.15, -0.1) is 0 Å². The Kier molecular flexibility index (Phi) is 31.7. The quantitative estimate of drug-likeness (QED) is 0.0492. The van der Waals surface area contributed by atoms with Crippen LogP contribution in [0.25, 0.3) is 0 Å². The molecule has 0 bridgehead atoms. The highest BCUT2D eigenvalue weighted by Crippen LogP contribution is 2.25. The molecule has 0 aliphatic heterocycles. The zero-order valence-electron chi connectivity index (χ0n) is 57.6. The van der Waals surface area contributed by atoms with Gasteiger partial charge in [0.25, 0.3) is 0 Å². The molecular formula is C63H108N12O15. The Morgan fingerprint density at radius 2 is 0.756 bits per heavy atom. The number of carbonyl (C=O) groups is 12. The van der Waals surface area contributed by atoms with Gasteiger partial charge in [-0.3, -0.25) is 52.7 Å². The number of anilines is 1. The molecule has 0 radical (unpaired) electrons. The third-order valence-corrected chi connectivity index (χ3v) is 16.4. The molecule has 11 amide bonds. The van der Waals surface area contributed by atoms with Crippen LogP contribution in [0.15, 0.2) is 24.3 Å². The van der Waals surface area contributed by atoms with E-state index in [9.17, 15) is 68.1 Å². The van der Waals surface area contributed by atoms with Gasteiger partial charge in [0, 0.05) is 49.3 Å². The second-order valence-corrected chi connectivity index (χ2v) is 26.0. The van der Waals surface area contributed by atoms with Crippen molar-refractivity contribution in [3.63, 3.8) is 0 Å². The van der Waals surface area contributed by atoms with E-state index in [1.807, 2.05) is 6.92 Å². The van der Waals surface area contributed by atoms with Crippen molar-refractivity contribution < 1.29 is 72.9 Å².